The molecule has 0 unspecified atom stereocenters. The van der Waals surface area contributed by atoms with Gasteiger partial charge in [-0.25, -0.2) is 19.9 Å². The lowest BCUT2D eigenvalue weighted by atomic mass is 10.2. The lowest BCUT2D eigenvalue weighted by molar-refractivity contribution is 0.102. The summed E-state index contributed by atoms with van der Waals surface area (Å²) in [5, 5.41) is 18.5. The number of carbonyl (C=O) groups is 2. The smallest absolute Gasteiger partial charge is 0.256 e. The van der Waals surface area contributed by atoms with Gasteiger partial charge in [0.2, 0.25) is 0 Å². The summed E-state index contributed by atoms with van der Waals surface area (Å²) in [6, 6.07) is 22.1. The fourth-order valence-corrected chi connectivity index (χ4v) is 6.52. The Labute approximate surface area is 324 Å². The number of pyridine rings is 2. The van der Waals surface area contributed by atoms with Crippen LogP contribution in [0.15, 0.2) is 96.5 Å². The molecular weight excluding hydrogens is 744 g/mol. The Morgan fingerprint density at radius 2 is 1.24 bits per heavy atom. The number of halogens is 1. The maximum absolute atomic E-state index is 12.6. The van der Waals surface area contributed by atoms with Crippen molar-refractivity contribution in [2.75, 3.05) is 11.1 Å². The number of carbonyl (C=O) groups excluding carboxylic acids is 2. The third-order valence-electron chi connectivity index (χ3n) is 7.63. The minimum atomic E-state index is -0.426. The van der Waals surface area contributed by atoms with Crippen LogP contribution >= 0.6 is 34.3 Å². The average molecular weight is 781 g/mol. The highest BCUT2D eigenvalue weighted by Gasteiger charge is 2.14. The molecule has 0 aliphatic heterocycles. The molecule has 6 heterocycles. The van der Waals surface area contributed by atoms with Crippen LogP contribution in [-0.2, 0) is 0 Å². The van der Waals surface area contributed by atoms with Gasteiger partial charge in [0, 0.05) is 23.2 Å². The van der Waals surface area contributed by atoms with Gasteiger partial charge in [-0.2, -0.15) is 0 Å². The fourth-order valence-electron chi connectivity index (χ4n) is 4.97. The van der Waals surface area contributed by atoms with Gasteiger partial charge >= 0.3 is 0 Å². The third kappa shape index (κ3) is 9.33. The quantitative estimate of drug-likeness (QED) is 0.148. The Hall–Kier alpha value is -5.97. The SMILES string of the molecule is C.CC(C)n1cnnc1-c1cccc(N)n1.CC(C)n1cnnc1-c1cccc(NC(=O)c2ccc3ncsc3c2)n1.O=C(Cl)c1ccc2ncsc2c1. The lowest BCUT2D eigenvalue weighted by Crippen LogP contribution is -2.13. The molecule has 14 nitrogen and oxygen atoms in total. The number of hydrogen-bond acceptors (Lipinski definition) is 13. The fraction of sp³-hybridized carbons (Fsp3) is 0.189. The van der Waals surface area contributed by atoms with Crippen molar-refractivity contribution in [3.05, 3.63) is 108 Å². The average Bonchev–Trinajstić information content (AvgIpc) is 3.98. The first-order valence-electron chi connectivity index (χ1n) is 16.2. The second kappa shape index (κ2) is 17.7. The Kier molecular flexibility index (Phi) is 12.9. The van der Waals surface area contributed by atoms with Crippen molar-refractivity contribution in [2.45, 2.75) is 47.2 Å². The van der Waals surface area contributed by atoms with Crippen LogP contribution in [-0.4, -0.2) is 60.6 Å². The van der Waals surface area contributed by atoms with Crippen LogP contribution in [0.5, 0.6) is 0 Å². The molecule has 3 N–H and O–H groups in total. The molecule has 276 valence electrons. The number of hydrogen-bond donors (Lipinski definition) is 2. The zero-order valence-corrected chi connectivity index (χ0v) is 31.3. The van der Waals surface area contributed by atoms with Crippen LogP contribution in [0.1, 0.15) is 67.9 Å². The Morgan fingerprint density at radius 3 is 1.78 bits per heavy atom. The highest BCUT2D eigenvalue weighted by molar-refractivity contribution is 7.17. The number of nitrogens with zero attached hydrogens (tertiary/aromatic N) is 10. The van der Waals surface area contributed by atoms with Crippen molar-refractivity contribution in [1.82, 2.24) is 49.5 Å². The van der Waals surface area contributed by atoms with E-state index in [2.05, 4.69) is 59.5 Å². The zero-order chi connectivity index (χ0) is 37.5. The summed E-state index contributed by atoms with van der Waals surface area (Å²) in [7, 11) is 0. The topological polar surface area (TPSA) is 185 Å². The number of aromatic nitrogens is 10. The minimum absolute atomic E-state index is 0. The molecule has 6 aromatic heterocycles. The van der Waals surface area contributed by atoms with Crippen molar-refractivity contribution in [3.63, 3.8) is 0 Å². The van der Waals surface area contributed by atoms with E-state index in [1.807, 2.05) is 59.4 Å². The summed E-state index contributed by atoms with van der Waals surface area (Å²) in [4.78, 5) is 40.3. The normalized spacial score (nSPS) is 10.7. The van der Waals surface area contributed by atoms with Crippen LogP contribution in [0.25, 0.3) is 43.5 Å². The van der Waals surface area contributed by atoms with Crippen molar-refractivity contribution in [1.29, 1.82) is 0 Å². The molecule has 0 aliphatic rings. The second-order valence-corrected chi connectivity index (χ2v) is 14.1. The highest BCUT2D eigenvalue weighted by Crippen LogP contribution is 2.23. The number of rotatable bonds is 7. The number of nitrogens with one attached hydrogen (secondary N) is 1. The first-order valence-corrected chi connectivity index (χ1v) is 18.4. The van der Waals surface area contributed by atoms with Crippen LogP contribution in [0, 0.1) is 0 Å². The van der Waals surface area contributed by atoms with Gasteiger partial charge in [0.05, 0.1) is 31.5 Å². The number of thiazole rings is 2. The number of amides is 1. The van der Waals surface area contributed by atoms with Gasteiger partial charge in [-0.3, -0.25) is 9.59 Å². The number of nitrogen functional groups attached to an aromatic ring is 1. The van der Waals surface area contributed by atoms with E-state index >= 15 is 0 Å². The molecule has 54 heavy (non-hydrogen) atoms. The molecule has 2 aromatic carbocycles. The predicted molar refractivity (Wildman–Crippen MR) is 216 cm³/mol. The molecule has 0 spiro atoms. The van der Waals surface area contributed by atoms with Gasteiger partial charge in [-0.05, 0) is 100.0 Å². The number of nitrogens with two attached hydrogens (primary N) is 1. The summed E-state index contributed by atoms with van der Waals surface area (Å²) < 4.78 is 5.86. The zero-order valence-electron chi connectivity index (χ0n) is 29.0. The molecule has 17 heteroatoms. The lowest BCUT2D eigenvalue weighted by Gasteiger charge is -2.10. The van der Waals surface area contributed by atoms with Gasteiger partial charge < -0.3 is 20.2 Å². The molecular formula is C37H37ClN12O2S2. The van der Waals surface area contributed by atoms with E-state index in [0.717, 1.165) is 32.0 Å². The van der Waals surface area contributed by atoms with Crippen molar-refractivity contribution in [3.8, 4) is 23.0 Å². The summed E-state index contributed by atoms with van der Waals surface area (Å²) in [6.07, 6.45) is 3.38. The molecule has 1 amide bonds. The van der Waals surface area contributed by atoms with Crippen LogP contribution < -0.4 is 11.1 Å². The summed E-state index contributed by atoms with van der Waals surface area (Å²) in [5.74, 6) is 2.16. The van der Waals surface area contributed by atoms with Crippen molar-refractivity contribution < 1.29 is 9.59 Å². The van der Waals surface area contributed by atoms with Crippen molar-refractivity contribution >= 4 is 77.5 Å². The van der Waals surface area contributed by atoms with E-state index in [1.54, 1.807) is 60.1 Å². The molecule has 0 fully saturated rings. The third-order valence-corrected chi connectivity index (χ3v) is 9.43. The minimum Gasteiger partial charge on any atom is -0.384 e. The summed E-state index contributed by atoms with van der Waals surface area (Å²) in [5.41, 5.74) is 13.4. The molecule has 0 radical (unpaired) electrons. The van der Waals surface area contributed by atoms with Crippen LogP contribution in [0.4, 0.5) is 11.6 Å². The first-order chi connectivity index (χ1) is 25.6. The summed E-state index contributed by atoms with van der Waals surface area (Å²) in [6.45, 7) is 8.24. The number of benzene rings is 2. The molecule has 0 atom stereocenters. The van der Waals surface area contributed by atoms with Gasteiger partial charge in [0.25, 0.3) is 11.1 Å². The van der Waals surface area contributed by atoms with Gasteiger partial charge in [-0.15, -0.1) is 43.1 Å². The molecule has 0 bridgehead atoms. The van der Waals surface area contributed by atoms with E-state index in [1.165, 1.54) is 22.7 Å². The van der Waals surface area contributed by atoms with E-state index in [0.29, 0.717) is 40.3 Å². The van der Waals surface area contributed by atoms with Gasteiger partial charge in [0.1, 0.15) is 35.7 Å². The monoisotopic (exact) mass is 780 g/mol. The standard InChI is InChI=1S/C18H16N6OS.C10H13N5.C8H4ClNOS.CH4/c1-11(2)24-9-20-23-17(24)14-4-3-5-16(21-14)22-18(25)12-6-7-13-15(8-12)26-10-19-13;1-7(2)15-6-12-14-10(15)8-4-3-5-9(11)13-8;9-8(11)5-1-2-6-7(3-5)12-4-10-6;/h3-11H,1-2H3,(H,21,22,25);3-7H,1-2H3,(H2,11,13);1-4H;1H4. The highest BCUT2D eigenvalue weighted by atomic mass is 35.5. The maximum atomic E-state index is 12.6. The number of anilines is 2. The Bertz CT molecular complexity index is 2510. The number of fused-ring (bicyclic) bond motifs is 2. The first kappa shape index (κ1) is 39.2. The summed E-state index contributed by atoms with van der Waals surface area (Å²) >= 11 is 8.32. The predicted octanol–water partition coefficient (Wildman–Crippen LogP) is 8.60. The molecule has 0 saturated carbocycles. The van der Waals surface area contributed by atoms with Crippen molar-refractivity contribution in [2.24, 2.45) is 0 Å². The van der Waals surface area contributed by atoms with E-state index in [4.69, 9.17) is 17.3 Å². The molecule has 0 saturated heterocycles. The molecule has 8 rings (SSSR count). The Morgan fingerprint density at radius 1 is 0.722 bits per heavy atom. The van der Waals surface area contributed by atoms with E-state index in [-0.39, 0.29) is 19.4 Å². The van der Waals surface area contributed by atoms with E-state index < -0.39 is 5.24 Å². The molecule has 8 aromatic rings. The Balaban J connectivity index is 0.000000170. The van der Waals surface area contributed by atoms with Gasteiger partial charge in [-0.1, -0.05) is 19.6 Å². The molecule has 0 aliphatic carbocycles. The largest absolute Gasteiger partial charge is 0.384 e. The van der Waals surface area contributed by atoms with E-state index in [9.17, 15) is 9.59 Å². The maximum Gasteiger partial charge on any atom is 0.256 e. The van der Waals surface area contributed by atoms with Gasteiger partial charge in [0.15, 0.2) is 11.6 Å². The van der Waals surface area contributed by atoms with Crippen LogP contribution in [0.2, 0.25) is 0 Å². The second-order valence-electron chi connectivity index (χ2n) is 12.0. The van der Waals surface area contributed by atoms with Crippen LogP contribution in [0.3, 0.4) is 0 Å².